The number of hydrazone groups is 1. The zero-order valence-electron chi connectivity index (χ0n) is 14.5. The maximum absolute atomic E-state index is 12.4. The Bertz CT molecular complexity index is 961. The van der Waals surface area contributed by atoms with E-state index in [1.807, 2.05) is 36.4 Å². The SMILES string of the molecule is Cc1ccc(C(=O)N/N=C(\c2ccccc2)c2ccccn2)cc1[N+](=O)[O-]. The molecule has 0 saturated heterocycles. The van der Waals surface area contributed by atoms with Crippen molar-refractivity contribution >= 4 is 17.3 Å². The molecule has 7 nitrogen and oxygen atoms in total. The standard InChI is InChI=1S/C20H16N4O3/c1-14-10-11-16(13-18(14)24(26)27)20(25)23-22-19(15-7-3-2-4-8-15)17-9-5-6-12-21-17/h2-13H,1H3,(H,23,25)/b22-19+. The molecular weight excluding hydrogens is 344 g/mol. The Morgan fingerprint density at radius 3 is 2.44 bits per heavy atom. The number of aryl methyl sites for hydroxylation is 1. The van der Waals surface area contributed by atoms with E-state index in [2.05, 4.69) is 15.5 Å². The molecule has 7 heteroatoms. The number of nitrogens with one attached hydrogen (secondary N) is 1. The van der Waals surface area contributed by atoms with E-state index in [0.717, 1.165) is 5.56 Å². The van der Waals surface area contributed by atoms with Crippen molar-refractivity contribution in [1.29, 1.82) is 0 Å². The summed E-state index contributed by atoms with van der Waals surface area (Å²) >= 11 is 0. The fraction of sp³-hybridized carbons (Fsp3) is 0.0500. The van der Waals surface area contributed by atoms with E-state index < -0.39 is 10.8 Å². The van der Waals surface area contributed by atoms with Crippen LogP contribution in [0.5, 0.6) is 0 Å². The highest BCUT2D eigenvalue weighted by molar-refractivity contribution is 6.12. The summed E-state index contributed by atoms with van der Waals surface area (Å²) in [5.74, 6) is -0.539. The van der Waals surface area contributed by atoms with Gasteiger partial charge in [-0.05, 0) is 25.1 Å². The summed E-state index contributed by atoms with van der Waals surface area (Å²) in [6.07, 6.45) is 1.64. The Labute approximate surface area is 155 Å². The number of carbonyl (C=O) groups is 1. The molecule has 3 aromatic rings. The van der Waals surface area contributed by atoms with E-state index in [-0.39, 0.29) is 11.3 Å². The number of nitro groups is 1. The minimum atomic E-state index is -0.539. The van der Waals surface area contributed by atoms with Crippen molar-refractivity contribution in [3.63, 3.8) is 0 Å². The fourth-order valence-electron chi connectivity index (χ4n) is 2.49. The normalized spacial score (nSPS) is 11.1. The first-order chi connectivity index (χ1) is 13.1. The van der Waals surface area contributed by atoms with Gasteiger partial charge in [-0.25, -0.2) is 5.43 Å². The van der Waals surface area contributed by atoms with Gasteiger partial charge in [0.15, 0.2) is 0 Å². The molecule has 1 aromatic heterocycles. The highest BCUT2D eigenvalue weighted by Gasteiger charge is 2.15. The lowest BCUT2D eigenvalue weighted by molar-refractivity contribution is -0.385. The number of hydrogen-bond donors (Lipinski definition) is 1. The number of hydrogen-bond acceptors (Lipinski definition) is 5. The van der Waals surface area contributed by atoms with Gasteiger partial charge in [-0.1, -0.05) is 42.5 Å². The monoisotopic (exact) mass is 360 g/mol. The van der Waals surface area contributed by atoms with Crippen molar-refractivity contribution in [2.45, 2.75) is 6.92 Å². The summed E-state index contributed by atoms with van der Waals surface area (Å²) in [6.45, 7) is 1.62. The third-order valence-electron chi connectivity index (χ3n) is 3.89. The van der Waals surface area contributed by atoms with Crippen LogP contribution < -0.4 is 5.43 Å². The van der Waals surface area contributed by atoms with Crippen molar-refractivity contribution in [3.8, 4) is 0 Å². The van der Waals surface area contributed by atoms with Crippen molar-refractivity contribution in [2.24, 2.45) is 5.10 Å². The highest BCUT2D eigenvalue weighted by atomic mass is 16.6. The van der Waals surface area contributed by atoms with E-state index in [1.165, 1.54) is 18.2 Å². The largest absolute Gasteiger partial charge is 0.273 e. The molecule has 1 amide bonds. The molecule has 0 fully saturated rings. The molecule has 0 aliphatic rings. The van der Waals surface area contributed by atoms with Crippen LogP contribution in [0, 0.1) is 17.0 Å². The molecule has 0 spiro atoms. The Kier molecular flexibility index (Phi) is 5.32. The zero-order valence-corrected chi connectivity index (χ0v) is 14.5. The van der Waals surface area contributed by atoms with E-state index in [4.69, 9.17) is 0 Å². The smallest absolute Gasteiger partial charge is 0.267 e. The van der Waals surface area contributed by atoms with Crippen LogP contribution in [-0.2, 0) is 0 Å². The van der Waals surface area contributed by atoms with Crippen molar-refractivity contribution in [3.05, 3.63) is 105 Å². The summed E-state index contributed by atoms with van der Waals surface area (Å²) in [7, 11) is 0. The number of aromatic nitrogens is 1. The number of amides is 1. The van der Waals surface area contributed by atoms with E-state index in [9.17, 15) is 14.9 Å². The second kappa shape index (κ2) is 8.01. The summed E-state index contributed by atoms with van der Waals surface area (Å²) in [5.41, 5.74) is 4.87. The Balaban J connectivity index is 1.92. The first-order valence-electron chi connectivity index (χ1n) is 8.16. The van der Waals surface area contributed by atoms with Gasteiger partial charge in [0.2, 0.25) is 0 Å². The lowest BCUT2D eigenvalue weighted by Gasteiger charge is -2.07. The molecule has 0 saturated carbocycles. The predicted octanol–water partition coefficient (Wildman–Crippen LogP) is 3.48. The molecule has 27 heavy (non-hydrogen) atoms. The van der Waals surface area contributed by atoms with Crippen molar-refractivity contribution in [1.82, 2.24) is 10.4 Å². The van der Waals surface area contributed by atoms with E-state index in [1.54, 1.807) is 25.3 Å². The molecule has 134 valence electrons. The first-order valence-corrected chi connectivity index (χ1v) is 8.16. The third kappa shape index (κ3) is 4.21. The predicted molar refractivity (Wildman–Crippen MR) is 102 cm³/mol. The Morgan fingerprint density at radius 1 is 1.04 bits per heavy atom. The van der Waals surface area contributed by atoms with Crippen LogP contribution in [0.3, 0.4) is 0 Å². The Morgan fingerprint density at radius 2 is 1.78 bits per heavy atom. The number of nitrogens with zero attached hydrogens (tertiary/aromatic N) is 3. The average Bonchev–Trinajstić information content (AvgIpc) is 2.70. The van der Waals surface area contributed by atoms with Gasteiger partial charge in [-0.2, -0.15) is 5.10 Å². The number of nitro benzene ring substituents is 1. The molecule has 1 heterocycles. The molecule has 0 aliphatic heterocycles. The molecular formula is C20H16N4O3. The van der Waals surface area contributed by atoms with Gasteiger partial charge >= 0.3 is 0 Å². The summed E-state index contributed by atoms with van der Waals surface area (Å²) < 4.78 is 0. The fourth-order valence-corrected chi connectivity index (χ4v) is 2.49. The minimum Gasteiger partial charge on any atom is -0.267 e. The highest BCUT2D eigenvalue weighted by Crippen LogP contribution is 2.19. The topological polar surface area (TPSA) is 97.5 Å². The summed E-state index contributed by atoms with van der Waals surface area (Å²) in [5, 5.41) is 15.3. The van der Waals surface area contributed by atoms with Crippen LogP contribution in [0.4, 0.5) is 5.69 Å². The molecule has 2 aromatic carbocycles. The van der Waals surface area contributed by atoms with Gasteiger partial charge in [0.05, 0.1) is 10.6 Å². The minimum absolute atomic E-state index is 0.111. The first kappa shape index (κ1) is 17.9. The van der Waals surface area contributed by atoms with Gasteiger partial charge in [0.1, 0.15) is 5.71 Å². The van der Waals surface area contributed by atoms with Gasteiger partial charge < -0.3 is 0 Å². The molecule has 0 bridgehead atoms. The van der Waals surface area contributed by atoms with Crippen molar-refractivity contribution < 1.29 is 9.72 Å². The molecule has 1 N–H and O–H groups in total. The van der Waals surface area contributed by atoms with Crippen LogP contribution in [0.1, 0.15) is 27.2 Å². The second-order valence-corrected chi connectivity index (χ2v) is 5.74. The van der Waals surface area contributed by atoms with Crippen LogP contribution in [0.2, 0.25) is 0 Å². The van der Waals surface area contributed by atoms with E-state index in [0.29, 0.717) is 17.0 Å². The lowest BCUT2D eigenvalue weighted by Crippen LogP contribution is -2.21. The van der Waals surface area contributed by atoms with Crippen LogP contribution >= 0.6 is 0 Å². The number of carbonyl (C=O) groups excluding carboxylic acids is 1. The van der Waals surface area contributed by atoms with Gasteiger partial charge in [0, 0.05) is 29.0 Å². The summed E-state index contributed by atoms with van der Waals surface area (Å²) in [6, 6.07) is 19.0. The second-order valence-electron chi connectivity index (χ2n) is 5.74. The van der Waals surface area contributed by atoms with Gasteiger partial charge in [-0.3, -0.25) is 19.9 Å². The van der Waals surface area contributed by atoms with Gasteiger partial charge in [-0.15, -0.1) is 0 Å². The van der Waals surface area contributed by atoms with E-state index >= 15 is 0 Å². The average molecular weight is 360 g/mol. The Hall–Kier alpha value is -3.87. The molecule has 0 radical (unpaired) electrons. The molecule has 0 unspecified atom stereocenters. The molecule has 0 aliphatic carbocycles. The maximum atomic E-state index is 12.4. The van der Waals surface area contributed by atoms with Crippen LogP contribution in [0.15, 0.2) is 78.0 Å². The van der Waals surface area contributed by atoms with Gasteiger partial charge in [0.25, 0.3) is 11.6 Å². The molecule has 3 rings (SSSR count). The molecule has 0 atom stereocenters. The number of benzene rings is 2. The quantitative estimate of drug-likeness (QED) is 0.428. The number of rotatable bonds is 5. The van der Waals surface area contributed by atoms with Crippen molar-refractivity contribution in [2.75, 3.05) is 0 Å². The van der Waals surface area contributed by atoms with Crippen LogP contribution in [-0.4, -0.2) is 21.5 Å². The number of pyridine rings is 1. The maximum Gasteiger partial charge on any atom is 0.273 e. The van der Waals surface area contributed by atoms with Crippen LogP contribution in [0.25, 0.3) is 0 Å². The lowest BCUT2D eigenvalue weighted by atomic mass is 10.1. The summed E-state index contributed by atoms with van der Waals surface area (Å²) in [4.78, 5) is 27.3. The third-order valence-corrected chi connectivity index (χ3v) is 3.89. The zero-order chi connectivity index (χ0) is 19.2.